The molecule has 3 atom stereocenters. The second-order valence-electron chi connectivity index (χ2n) is 5.72. The number of hydrogen-bond donors (Lipinski definition) is 0. The maximum absolute atomic E-state index is 11.2. The summed E-state index contributed by atoms with van der Waals surface area (Å²) >= 11 is 5.47. The molecule has 0 aromatic heterocycles. The predicted molar refractivity (Wildman–Crippen MR) is 59.8 cm³/mol. The van der Waals surface area contributed by atoms with Crippen molar-refractivity contribution in [2.75, 3.05) is 5.88 Å². The summed E-state index contributed by atoms with van der Waals surface area (Å²) in [6.45, 7) is 6.87. The van der Waals surface area contributed by atoms with Gasteiger partial charge >= 0.3 is 5.97 Å². The lowest BCUT2D eigenvalue weighted by Gasteiger charge is -2.38. The number of esters is 1. The van der Waals surface area contributed by atoms with Crippen LogP contribution in [0.5, 0.6) is 0 Å². The fraction of sp³-hybridized carbons (Fsp3) is 0.917. The van der Waals surface area contributed by atoms with Gasteiger partial charge in [-0.25, -0.2) is 0 Å². The normalized spacial score (nSPS) is 41.9. The van der Waals surface area contributed by atoms with Gasteiger partial charge in [0.2, 0.25) is 0 Å². The molecule has 0 aromatic carbocycles. The van der Waals surface area contributed by atoms with Gasteiger partial charge in [0.05, 0.1) is 0 Å². The van der Waals surface area contributed by atoms with E-state index in [9.17, 15) is 4.79 Å². The summed E-state index contributed by atoms with van der Waals surface area (Å²) in [4.78, 5) is 11.2. The second-order valence-corrected chi connectivity index (χ2v) is 5.99. The van der Waals surface area contributed by atoms with E-state index in [2.05, 4.69) is 20.8 Å². The van der Waals surface area contributed by atoms with Gasteiger partial charge in [-0.05, 0) is 30.6 Å². The molecule has 0 saturated heterocycles. The Kier molecular flexibility index (Phi) is 2.53. The SMILES string of the molecule is CC1(C)C2CC[C@]1(C)C(OC(=O)CCl)C2. The lowest BCUT2D eigenvalue weighted by atomic mass is 9.70. The van der Waals surface area contributed by atoms with Crippen molar-refractivity contribution in [3.8, 4) is 0 Å². The summed E-state index contributed by atoms with van der Waals surface area (Å²) in [5, 5.41) is 0. The fourth-order valence-corrected chi connectivity index (χ4v) is 3.56. The Bertz CT molecular complexity index is 287. The van der Waals surface area contributed by atoms with Gasteiger partial charge in [-0.1, -0.05) is 20.8 Å². The topological polar surface area (TPSA) is 26.3 Å². The van der Waals surface area contributed by atoms with Gasteiger partial charge in [0.1, 0.15) is 12.0 Å². The molecule has 2 bridgehead atoms. The van der Waals surface area contributed by atoms with Crippen LogP contribution in [0.25, 0.3) is 0 Å². The van der Waals surface area contributed by atoms with Crippen LogP contribution in [0, 0.1) is 16.7 Å². The zero-order valence-corrected chi connectivity index (χ0v) is 10.4. The number of carbonyl (C=O) groups is 1. The minimum Gasteiger partial charge on any atom is -0.461 e. The third-order valence-electron chi connectivity index (χ3n) is 5.10. The van der Waals surface area contributed by atoms with Crippen LogP contribution < -0.4 is 0 Å². The maximum Gasteiger partial charge on any atom is 0.321 e. The van der Waals surface area contributed by atoms with Crippen LogP contribution in [0.2, 0.25) is 0 Å². The molecule has 2 fully saturated rings. The molecule has 3 heteroatoms. The molecule has 0 radical (unpaired) electrons. The molecule has 2 nitrogen and oxygen atoms in total. The van der Waals surface area contributed by atoms with Gasteiger partial charge in [-0.2, -0.15) is 0 Å². The van der Waals surface area contributed by atoms with E-state index >= 15 is 0 Å². The number of halogens is 1. The molecule has 2 aliphatic carbocycles. The Labute approximate surface area is 96.3 Å². The molecule has 15 heavy (non-hydrogen) atoms. The highest BCUT2D eigenvalue weighted by molar-refractivity contribution is 6.26. The first-order valence-electron chi connectivity index (χ1n) is 5.67. The van der Waals surface area contributed by atoms with Crippen molar-refractivity contribution in [3.05, 3.63) is 0 Å². The summed E-state index contributed by atoms with van der Waals surface area (Å²) in [6, 6.07) is 0. The van der Waals surface area contributed by atoms with Crippen LogP contribution in [-0.4, -0.2) is 18.0 Å². The van der Waals surface area contributed by atoms with Crippen molar-refractivity contribution in [3.63, 3.8) is 0 Å². The minimum atomic E-state index is -0.272. The molecule has 0 heterocycles. The Morgan fingerprint density at radius 3 is 2.53 bits per heavy atom. The molecule has 2 aliphatic rings. The zero-order chi connectivity index (χ0) is 11.3. The van der Waals surface area contributed by atoms with Gasteiger partial charge in [-0.3, -0.25) is 4.79 Å². The summed E-state index contributed by atoms with van der Waals surface area (Å²) in [5.41, 5.74) is 0.448. The fourth-order valence-electron chi connectivity index (χ4n) is 3.50. The molecule has 0 N–H and O–H groups in total. The molecule has 86 valence electrons. The minimum absolute atomic E-state index is 0.0301. The highest BCUT2D eigenvalue weighted by atomic mass is 35.5. The molecule has 2 rings (SSSR count). The Balaban J connectivity index is 2.15. The highest BCUT2D eigenvalue weighted by Crippen LogP contribution is 2.66. The van der Waals surface area contributed by atoms with Crippen LogP contribution in [0.1, 0.15) is 40.0 Å². The van der Waals surface area contributed by atoms with Gasteiger partial charge < -0.3 is 4.74 Å². The Hall–Kier alpha value is -0.240. The van der Waals surface area contributed by atoms with E-state index in [1.807, 2.05) is 0 Å². The van der Waals surface area contributed by atoms with E-state index in [0.717, 1.165) is 6.42 Å². The first-order valence-corrected chi connectivity index (χ1v) is 6.20. The van der Waals surface area contributed by atoms with Crippen molar-refractivity contribution in [2.45, 2.75) is 46.1 Å². The van der Waals surface area contributed by atoms with Crippen molar-refractivity contribution >= 4 is 17.6 Å². The van der Waals surface area contributed by atoms with E-state index in [-0.39, 0.29) is 23.4 Å². The number of fused-ring (bicyclic) bond motifs is 2. The standard InChI is InChI=1S/C12H19ClO2/c1-11(2)8-4-5-12(11,3)9(6-8)15-10(14)7-13/h8-9H,4-7H2,1-3H3/t8?,9?,12-/m1/s1. The van der Waals surface area contributed by atoms with E-state index in [1.54, 1.807) is 0 Å². The lowest BCUT2D eigenvalue weighted by molar-refractivity contribution is -0.153. The van der Waals surface area contributed by atoms with Crippen LogP contribution >= 0.6 is 11.6 Å². The molecule has 0 spiro atoms. The Morgan fingerprint density at radius 1 is 1.47 bits per heavy atom. The Morgan fingerprint density at radius 2 is 2.13 bits per heavy atom. The van der Waals surface area contributed by atoms with Crippen LogP contribution in [0.4, 0.5) is 0 Å². The van der Waals surface area contributed by atoms with Crippen LogP contribution in [0.15, 0.2) is 0 Å². The van der Waals surface area contributed by atoms with Gasteiger partial charge in [0.15, 0.2) is 0 Å². The van der Waals surface area contributed by atoms with Crippen molar-refractivity contribution in [2.24, 2.45) is 16.7 Å². The van der Waals surface area contributed by atoms with Gasteiger partial charge in [0, 0.05) is 5.41 Å². The smallest absolute Gasteiger partial charge is 0.321 e. The van der Waals surface area contributed by atoms with Gasteiger partial charge in [-0.15, -0.1) is 11.6 Å². The zero-order valence-electron chi connectivity index (χ0n) is 9.68. The summed E-state index contributed by atoms with van der Waals surface area (Å²) in [7, 11) is 0. The van der Waals surface area contributed by atoms with E-state index in [4.69, 9.17) is 16.3 Å². The van der Waals surface area contributed by atoms with E-state index in [0.29, 0.717) is 11.3 Å². The maximum atomic E-state index is 11.2. The number of rotatable bonds is 2. The first-order chi connectivity index (χ1) is 6.91. The quantitative estimate of drug-likeness (QED) is 0.539. The summed E-state index contributed by atoms with van der Waals surface area (Å²) in [5.74, 6) is 0.402. The summed E-state index contributed by atoms with van der Waals surface area (Å²) < 4.78 is 5.46. The molecule has 0 amide bonds. The molecular formula is C12H19ClO2. The number of alkyl halides is 1. The average Bonchev–Trinajstić information content (AvgIpc) is 2.50. The monoisotopic (exact) mass is 230 g/mol. The largest absolute Gasteiger partial charge is 0.461 e. The number of carbonyl (C=O) groups excluding carboxylic acids is 1. The molecule has 2 unspecified atom stereocenters. The first kappa shape index (κ1) is 11.3. The van der Waals surface area contributed by atoms with Gasteiger partial charge in [0.25, 0.3) is 0 Å². The average molecular weight is 231 g/mol. The lowest BCUT2D eigenvalue weighted by Crippen LogP contribution is -2.38. The predicted octanol–water partition coefficient (Wildman–Crippen LogP) is 2.98. The summed E-state index contributed by atoms with van der Waals surface area (Å²) in [6.07, 6.45) is 3.55. The molecular weight excluding hydrogens is 212 g/mol. The third kappa shape index (κ3) is 1.41. The van der Waals surface area contributed by atoms with Crippen LogP contribution in [-0.2, 0) is 9.53 Å². The van der Waals surface area contributed by atoms with Crippen molar-refractivity contribution in [1.29, 1.82) is 0 Å². The van der Waals surface area contributed by atoms with E-state index in [1.165, 1.54) is 12.8 Å². The molecule has 0 aromatic rings. The molecule has 2 saturated carbocycles. The van der Waals surface area contributed by atoms with Crippen LogP contribution in [0.3, 0.4) is 0 Å². The number of hydrogen-bond acceptors (Lipinski definition) is 2. The van der Waals surface area contributed by atoms with Crippen molar-refractivity contribution < 1.29 is 9.53 Å². The molecule has 0 aliphatic heterocycles. The van der Waals surface area contributed by atoms with Crippen molar-refractivity contribution in [1.82, 2.24) is 0 Å². The second kappa shape index (κ2) is 3.38. The third-order valence-corrected chi connectivity index (χ3v) is 5.31. The van der Waals surface area contributed by atoms with E-state index < -0.39 is 0 Å². The highest BCUT2D eigenvalue weighted by Gasteiger charge is 2.62. The number of ether oxygens (including phenoxy) is 1.